The van der Waals surface area contributed by atoms with Crippen molar-refractivity contribution in [1.82, 2.24) is 14.0 Å². The van der Waals surface area contributed by atoms with Gasteiger partial charge in [-0.25, -0.2) is 9.52 Å². The number of anilines is 2. The number of carboxylic acid groups (broad SMARTS) is 1. The lowest BCUT2D eigenvalue weighted by Gasteiger charge is -2.23. The molecule has 0 radical (unpaired) electrons. The lowest BCUT2D eigenvalue weighted by atomic mass is 9.97. The molecule has 31 heavy (non-hydrogen) atoms. The Morgan fingerprint density at radius 3 is 2.16 bits per heavy atom. The number of nitrogens with zero attached hydrogens (tertiary/aromatic N) is 3. The van der Waals surface area contributed by atoms with Crippen LogP contribution in [0, 0.1) is 0 Å². The quantitative estimate of drug-likeness (QED) is 0.689. The molecule has 2 aliphatic carbocycles. The number of hydrogen-bond donors (Lipinski definition) is 2. The Hall–Kier alpha value is -2.63. The van der Waals surface area contributed by atoms with Crippen molar-refractivity contribution in [2.75, 3.05) is 19.0 Å². The van der Waals surface area contributed by atoms with Gasteiger partial charge in [-0.15, -0.1) is 0 Å². The predicted octanol–water partition coefficient (Wildman–Crippen LogP) is 2.66. The zero-order valence-electron chi connectivity index (χ0n) is 16.9. The first kappa shape index (κ1) is 21.6. The number of hydrogen-bond acceptors (Lipinski definition) is 6. The van der Waals surface area contributed by atoms with Gasteiger partial charge in [-0.3, -0.25) is 4.79 Å². The van der Waals surface area contributed by atoms with Crippen molar-refractivity contribution in [1.29, 1.82) is 0 Å². The summed E-state index contributed by atoms with van der Waals surface area (Å²) >= 11 is 6.62. The minimum absolute atomic E-state index is 0.328. The van der Waals surface area contributed by atoms with Crippen molar-refractivity contribution in [3.8, 4) is 0 Å². The molecule has 2 N–H and O–H groups in total. The highest BCUT2D eigenvalue weighted by Gasteiger charge is 2.35. The Morgan fingerprint density at radius 2 is 1.65 bits per heavy atom. The second-order valence-electron chi connectivity index (χ2n) is 7.64. The van der Waals surface area contributed by atoms with Crippen LogP contribution in [-0.4, -0.2) is 48.9 Å². The summed E-state index contributed by atoms with van der Waals surface area (Å²) in [6, 6.07) is -0.328. The summed E-state index contributed by atoms with van der Waals surface area (Å²) in [5.41, 5.74) is 3.75. The summed E-state index contributed by atoms with van der Waals surface area (Å²) in [6.45, 7) is 0. The van der Waals surface area contributed by atoms with E-state index in [-0.39, 0.29) is 11.7 Å². The lowest BCUT2D eigenvalue weighted by molar-refractivity contribution is 0.0974. The number of oxazole rings is 1. The topological polar surface area (TPSA) is 133 Å². The summed E-state index contributed by atoms with van der Waals surface area (Å²) in [4.78, 5) is 29.5. The number of carbonyl (C=O) groups excluding carboxylic acids is 1. The fourth-order valence-corrected chi connectivity index (χ4v) is 5.07. The van der Waals surface area contributed by atoms with E-state index < -0.39 is 22.2 Å². The van der Waals surface area contributed by atoms with Crippen molar-refractivity contribution >= 4 is 45.5 Å². The maximum atomic E-state index is 12.3. The minimum Gasteiger partial charge on any atom is -0.464 e. The maximum Gasteiger partial charge on any atom is 0.420 e. The summed E-state index contributed by atoms with van der Waals surface area (Å²) in [7, 11) is -1.52. The van der Waals surface area contributed by atoms with Gasteiger partial charge in [0.1, 0.15) is 6.26 Å². The first-order valence-corrected chi connectivity index (χ1v) is 11.5. The number of carbonyl (C=O) groups is 2. The molecule has 1 aromatic carbocycles. The number of benzene rings is 1. The highest BCUT2D eigenvalue weighted by atomic mass is 35.5. The molecule has 0 bridgehead atoms. The molecule has 0 fully saturated rings. The molecular weight excluding hydrogens is 448 g/mol. The first-order valence-electron chi connectivity index (χ1n) is 9.70. The third-order valence-corrected chi connectivity index (χ3v) is 7.43. The van der Waals surface area contributed by atoms with Gasteiger partial charge in [0, 0.05) is 19.1 Å². The average Bonchev–Trinajstić information content (AvgIpc) is 3.44. The number of nitrogens with one attached hydrogen (secondary N) is 1. The molecule has 2 aromatic rings. The van der Waals surface area contributed by atoms with Gasteiger partial charge >= 0.3 is 22.3 Å². The van der Waals surface area contributed by atoms with E-state index in [1.165, 1.54) is 14.1 Å². The van der Waals surface area contributed by atoms with Gasteiger partial charge in [0.25, 0.3) is 5.91 Å². The summed E-state index contributed by atoms with van der Waals surface area (Å²) in [6.07, 6.45) is 4.22. The Labute approximate surface area is 184 Å². The van der Waals surface area contributed by atoms with Crippen LogP contribution in [0.2, 0.25) is 5.02 Å². The van der Waals surface area contributed by atoms with E-state index in [0.717, 1.165) is 68.4 Å². The monoisotopic (exact) mass is 468 g/mol. The van der Waals surface area contributed by atoms with Crippen LogP contribution in [-0.2, 0) is 35.9 Å². The fraction of sp³-hybridized carbons (Fsp3) is 0.421. The van der Waals surface area contributed by atoms with E-state index in [2.05, 4.69) is 4.98 Å². The zero-order valence-corrected chi connectivity index (χ0v) is 18.5. The van der Waals surface area contributed by atoms with Crippen molar-refractivity contribution < 1.29 is 27.5 Å². The smallest absolute Gasteiger partial charge is 0.420 e. The molecular formula is C19H21ClN4O6S. The van der Waals surface area contributed by atoms with Crippen LogP contribution in [0.15, 0.2) is 10.7 Å². The molecule has 10 nitrogen and oxygen atoms in total. The summed E-state index contributed by atoms with van der Waals surface area (Å²) < 4.78 is 31.8. The van der Waals surface area contributed by atoms with E-state index in [0.29, 0.717) is 18.5 Å². The minimum atomic E-state index is -4.04. The second-order valence-corrected chi connectivity index (χ2v) is 9.90. The van der Waals surface area contributed by atoms with Crippen LogP contribution in [0.5, 0.6) is 0 Å². The zero-order chi connectivity index (χ0) is 22.5. The summed E-state index contributed by atoms with van der Waals surface area (Å²) in [5.74, 6) is -1.03. The van der Waals surface area contributed by atoms with Gasteiger partial charge in [-0.05, 0) is 60.8 Å². The Morgan fingerprint density at radius 1 is 1.10 bits per heavy atom. The Kier molecular flexibility index (Phi) is 5.44. The van der Waals surface area contributed by atoms with Crippen molar-refractivity contribution in [2.45, 2.75) is 38.5 Å². The molecule has 166 valence electrons. The maximum absolute atomic E-state index is 12.3. The van der Waals surface area contributed by atoms with Gasteiger partial charge < -0.3 is 9.52 Å². The molecule has 1 aromatic heterocycles. The number of amides is 2. The van der Waals surface area contributed by atoms with Crippen LogP contribution in [0.25, 0.3) is 0 Å². The molecule has 0 spiro atoms. The van der Waals surface area contributed by atoms with Crippen LogP contribution < -0.4 is 9.62 Å². The molecule has 4 rings (SSSR count). The van der Waals surface area contributed by atoms with E-state index in [9.17, 15) is 23.1 Å². The van der Waals surface area contributed by atoms with E-state index in [4.69, 9.17) is 16.0 Å². The fourth-order valence-electron chi connectivity index (χ4n) is 4.13. The molecule has 0 atom stereocenters. The Balaban J connectivity index is 1.77. The Bertz CT molecular complexity index is 1160. The molecule has 0 saturated heterocycles. The highest BCUT2D eigenvalue weighted by Crippen LogP contribution is 2.47. The lowest BCUT2D eigenvalue weighted by Crippen LogP contribution is -2.39. The normalized spacial score (nSPS) is 15.1. The average molecular weight is 469 g/mol. The molecule has 2 amide bonds. The first-order chi connectivity index (χ1) is 14.6. The second kappa shape index (κ2) is 7.81. The van der Waals surface area contributed by atoms with Gasteiger partial charge in [0.2, 0.25) is 0 Å². The molecule has 1 heterocycles. The number of halogens is 1. The van der Waals surface area contributed by atoms with E-state index >= 15 is 0 Å². The van der Waals surface area contributed by atoms with Crippen LogP contribution >= 0.6 is 11.6 Å². The predicted molar refractivity (Wildman–Crippen MR) is 112 cm³/mol. The van der Waals surface area contributed by atoms with Gasteiger partial charge in [0.05, 0.1) is 5.69 Å². The van der Waals surface area contributed by atoms with Crippen LogP contribution in [0.1, 0.15) is 45.6 Å². The van der Waals surface area contributed by atoms with Gasteiger partial charge in [-0.2, -0.15) is 22.6 Å². The third kappa shape index (κ3) is 3.66. The standard InChI is InChI=1S/C19H21ClN4O6S/c1-23(2)31(28,29)22-17(25)14-9-30-18(21-14)24(19(26)27)16-12-7-3-5-10(12)15(20)11-6-4-8-13(11)16/h9H,3-8H2,1-2H3,(H,22,25)(H,26,27). The van der Waals surface area contributed by atoms with Gasteiger partial charge in [0.15, 0.2) is 5.69 Å². The molecule has 0 saturated carbocycles. The molecule has 2 aliphatic rings. The number of aromatic nitrogens is 1. The van der Waals surface area contributed by atoms with Crippen molar-refractivity contribution in [3.05, 3.63) is 39.2 Å². The largest absolute Gasteiger partial charge is 0.464 e. The van der Waals surface area contributed by atoms with Crippen LogP contribution in [0.3, 0.4) is 0 Å². The summed E-state index contributed by atoms with van der Waals surface area (Å²) in [5, 5.41) is 10.7. The van der Waals surface area contributed by atoms with Gasteiger partial charge in [-0.1, -0.05) is 11.6 Å². The van der Waals surface area contributed by atoms with Crippen molar-refractivity contribution in [2.24, 2.45) is 0 Å². The molecule has 12 heteroatoms. The molecule has 0 unspecified atom stereocenters. The van der Waals surface area contributed by atoms with E-state index in [1.54, 1.807) is 0 Å². The molecule has 0 aliphatic heterocycles. The van der Waals surface area contributed by atoms with E-state index in [1.807, 2.05) is 4.72 Å². The SMILES string of the molecule is CN(C)S(=O)(=O)NC(=O)c1coc(N(C(=O)O)c2c3c(c(Cl)c4c2CCC4)CCC3)n1. The van der Waals surface area contributed by atoms with Crippen molar-refractivity contribution in [3.63, 3.8) is 0 Å². The van der Waals surface area contributed by atoms with Crippen LogP contribution in [0.4, 0.5) is 16.5 Å². The number of fused-ring (bicyclic) bond motifs is 2. The number of rotatable bonds is 5. The highest BCUT2D eigenvalue weighted by molar-refractivity contribution is 7.87. The third-order valence-electron chi connectivity index (χ3n) is 5.57.